The highest BCUT2D eigenvalue weighted by Gasteiger charge is 2.53. The van der Waals surface area contributed by atoms with Crippen LogP contribution in [0, 0.1) is 23.2 Å². The second-order valence-electron chi connectivity index (χ2n) is 5.52. The predicted octanol–water partition coefficient (Wildman–Crippen LogP) is 1.30. The van der Waals surface area contributed by atoms with Crippen LogP contribution in [0.5, 0.6) is 0 Å². The molecule has 0 aromatic carbocycles. The summed E-state index contributed by atoms with van der Waals surface area (Å²) >= 11 is 0. The third kappa shape index (κ3) is 1.04. The third-order valence-electron chi connectivity index (χ3n) is 4.76. The lowest BCUT2D eigenvalue weighted by atomic mass is 9.56. The lowest BCUT2D eigenvalue weighted by Gasteiger charge is -2.51. The van der Waals surface area contributed by atoms with Crippen molar-refractivity contribution in [3.05, 3.63) is 12.2 Å². The van der Waals surface area contributed by atoms with Crippen molar-refractivity contribution in [1.29, 1.82) is 0 Å². The molecule has 3 aliphatic carbocycles. The van der Waals surface area contributed by atoms with Crippen LogP contribution in [0.1, 0.15) is 25.7 Å². The predicted molar refractivity (Wildman–Crippen MR) is 55.6 cm³/mol. The molecule has 3 unspecified atom stereocenters. The molecule has 3 atom stereocenters. The van der Waals surface area contributed by atoms with E-state index in [9.17, 15) is 5.11 Å². The first kappa shape index (κ1) is 8.93. The van der Waals surface area contributed by atoms with Gasteiger partial charge in [-0.25, -0.2) is 0 Å². The number of aliphatic hydroxyl groups is 1. The molecule has 0 aromatic heterocycles. The molecular weight excluding hydrogens is 174 g/mol. The smallest absolute Gasteiger partial charge is 0.0552 e. The van der Waals surface area contributed by atoms with Gasteiger partial charge in [-0.2, -0.15) is 0 Å². The van der Waals surface area contributed by atoms with Crippen LogP contribution in [0.4, 0.5) is 0 Å². The second kappa shape index (κ2) is 2.83. The summed E-state index contributed by atoms with van der Waals surface area (Å²) in [5.41, 5.74) is 6.20. The Hall–Kier alpha value is -0.340. The van der Waals surface area contributed by atoms with Crippen molar-refractivity contribution in [3.63, 3.8) is 0 Å². The van der Waals surface area contributed by atoms with Crippen LogP contribution >= 0.6 is 0 Å². The van der Waals surface area contributed by atoms with E-state index in [1.807, 2.05) is 0 Å². The average molecular weight is 193 g/mol. The molecule has 0 amide bonds. The Bertz CT molecular complexity index is 267. The molecule has 2 heteroatoms. The Labute approximate surface area is 85.2 Å². The lowest BCUT2D eigenvalue weighted by Crippen LogP contribution is -2.52. The second-order valence-corrected chi connectivity index (χ2v) is 5.52. The van der Waals surface area contributed by atoms with E-state index in [0.29, 0.717) is 5.41 Å². The number of fused-ring (bicyclic) bond motifs is 2. The summed E-state index contributed by atoms with van der Waals surface area (Å²) in [6, 6.07) is 0. The Morgan fingerprint density at radius 1 is 1.29 bits per heavy atom. The number of hydrogen-bond acceptors (Lipinski definition) is 2. The van der Waals surface area contributed by atoms with Crippen LogP contribution in [0.3, 0.4) is 0 Å². The number of hydrogen-bond donors (Lipinski definition) is 2. The molecule has 0 radical (unpaired) electrons. The van der Waals surface area contributed by atoms with Gasteiger partial charge in [-0.15, -0.1) is 0 Å². The van der Waals surface area contributed by atoms with Crippen LogP contribution in [-0.4, -0.2) is 17.8 Å². The Balaban J connectivity index is 1.79. The summed E-state index contributed by atoms with van der Waals surface area (Å²) in [7, 11) is 0. The number of nitrogens with two attached hydrogens (primary N) is 1. The summed E-state index contributed by atoms with van der Waals surface area (Å²) in [6.45, 7) is 0.770. The molecule has 3 rings (SSSR count). The quantitative estimate of drug-likeness (QED) is 0.649. The molecular formula is C12H19NO. The van der Waals surface area contributed by atoms with Gasteiger partial charge in [-0.1, -0.05) is 12.2 Å². The largest absolute Gasteiger partial charge is 0.393 e. The Morgan fingerprint density at radius 2 is 2.07 bits per heavy atom. The van der Waals surface area contributed by atoms with E-state index in [0.717, 1.165) is 37.1 Å². The van der Waals surface area contributed by atoms with Crippen molar-refractivity contribution in [3.8, 4) is 0 Å². The van der Waals surface area contributed by atoms with Crippen LogP contribution in [-0.2, 0) is 0 Å². The molecule has 14 heavy (non-hydrogen) atoms. The minimum atomic E-state index is -0.0679. The normalized spacial score (nSPS) is 55.0. The monoisotopic (exact) mass is 193 g/mol. The van der Waals surface area contributed by atoms with Gasteiger partial charge >= 0.3 is 0 Å². The SMILES string of the molecule is NCC1(C2CC3C=CC2C3)CC(O)C1. The maximum absolute atomic E-state index is 9.47. The molecule has 0 aliphatic heterocycles. The zero-order valence-corrected chi connectivity index (χ0v) is 8.52. The fourth-order valence-electron chi connectivity index (χ4n) is 3.98. The summed E-state index contributed by atoms with van der Waals surface area (Å²) in [6.07, 6.45) is 9.27. The zero-order chi connectivity index (χ0) is 9.76. The first-order chi connectivity index (χ1) is 6.73. The van der Waals surface area contributed by atoms with Crippen LogP contribution in [0.2, 0.25) is 0 Å². The summed E-state index contributed by atoms with van der Waals surface area (Å²) < 4.78 is 0. The van der Waals surface area contributed by atoms with Crippen molar-refractivity contribution in [2.45, 2.75) is 31.8 Å². The van der Waals surface area contributed by atoms with E-state index in [1.54, 1.807) is 0 Å². The maximum Gasteiger partial charge on any atom is 0.0552 e. The lowest BCUT2D eigenvalue weighted by molar-refractivity contribution is -0.0710. The fourth-order valence-corrected chi connectivity index (χ4v) is 3.98. The van der Waals surface area contributed by atoms with Crippen molar-refractivity contribution >= 4 is 0 Å². The molecule has 0 spiro atoms. The van der Waals surface area contributed by atoms with Crippen molar-refractivity contribution in [2.24, 2.45) is 28.9 Å². The van der Waals surface area contributed by atoms with Gasteiger partial charge < -0.3 is 10.8 Å². The number of aliphatic hydroxyl groups excluding tert-OH is 1. The summed E-state index contributed by atoms with van der Waals surface area (Å²) in [5, 5.41) is 9.47. The van der Waals surface area contributed by atoms with Gasteiger partial charge in [-0.3, -0.25) is 0 Å². The third-order valence-corrected chi connectivity index (χ3v) is 4.76. The van der Waals surface area contributed by atoms with Gasteiger partial charge in [0, 0.05) is 0 Å². The number of rotatable bonds is 2. The van der Waals surface area contributed by atoms with E-state index in [2.05, 4.69) is 12.2 Å². The molecule has 3 N–H and O–H groups in total. The fraction of sp³-hybridized carbons (Fsp3) is 0.833. The molecule has 78 valence electrons. The van der Waals surface area contributed by atoms with Crippen molar-refractivity contribution < 1.29 is 5.11 Å². The molecule has 2 bridgehead atoms. The van der Waals surface area contributed by atoms with Crippen molar-refractivity contribution in [1.82, 2.24) is 0 Å². The van der Waals surface area contributed by atoms with E-state index >= 15 is 0 Å². The van der Waals surface area contributed by atoms with E-state index in [-0.39, 0.29) is 6.10 Å². The number of allylic oxidation sites excluding steroid dienone is 2. The van der Waals surface area contributed by atoms with Crippen molar-refractivity contribution in [2.75, 3.05) is 6.54 Å². The molecule has 3 aliphatic rings. The van der Waals surface area contributed by atoms with Gasteiger partial charge in [0.15, 0.2) is 0 Å². The van der Waals surface area contributed by atoms with Gasteiger partial charge in [0.2, 0.25) is 0 Å². The molecule has 0 saturated heterocycles. The topological polar surface area (TPSA) is 46.2 Å². The first-order valence-electron chi connectivity index (χ1n) is 5.80. The first-order valence-corrected chi connectivity index (χ1v) is 5.80. The summed E-state index contributed by atoms with van der Waals surface area (Å²) in [5.74, 6) is 2.37. The minimum Gasteiger partial charge on any atom is -0.393 e. The summed E-state index contributed by atoms with van der Waals surface area (Å²) in [4.78, 5) is 0. The van der Waals surface area contributed by atoms with E-state index < -0.39 is 0 Å². The average Bonchev–Trinajstić information content (AvgIpc) is 2.73. The van der Waals surface area contributed by atoms with Gasteiger partial charge in [0.1, 0.15) is 0 Å². The van der Waals surface area contributed by atoms with Crippen LogP contribution in [0.25, 0.3) is 0 Å². The van der Waals surface area contributed by atoms with Gasteiger partial charge in [0.05, 0.1) is 6.10 Å². The highest BCUT2D eigenvalue weighted by atomic mass is 16.3. The zero-order valence-electron chi connectivity index (χ0n) is 8.52. The van der Waals surface area contributed by atoms with Crippen LogP contribution < -0.4 is 5.73 Å². The van der Waals surface area contributed by atoms with Crippen LogP contribution in [0.15, 0.2) is 12.2 Å². The van der Waals surface area contributed by atoms with E-state index in [4.69, 9.17) is 5.73 Å². The molecule has 2 saturated carbocycles. The molecule has 0 heterocycles. The highest BCUT2D eigenvalue weighted by Crippen LogP contribution is 2.58. The molecule has 2 nitrogen and oxygen atoms in total. The van der Waals surface area contributed by atoms with E-state index in [1.165, 1.54) is 12.8 Å². The standard InChI is InChI=1S/C12H19NO/c13-7-12(5-10(14)6-12)11-4-8-1-2-9(11)3-8/h1-2,8-11,14H,3-7,13H2. The Morgan fingerprint density at radius 3 is 2.50 bits per heavy atom. The maximum atomic E-state index is 9.47. The van der Waals surface area contributed by atoms with Gasteiger partial charge in [-0.05, 0) is 55.4 Å². The highest BCUT2D eigenvalue weighted by molar-refractivity contribution is 5.15. The molecule has 2 fully saturated rings. The Kier molecular flexibility index (Phi) is 1.80. The minimum absolute atomic E-state index is 0.0679. The molecule has 0 aromatic rings. The van der Waals surface area contributed by atoms with Gasteiger partial charge in [0.25, 0.3) is 0 Å².